The van der Waals surface area contributed by atoms with E-state index in [2.05, 4.69) is 79.9 Å². The van der Waals surface area contributed by atoms with Gasteiger partial charge in [0.1, 0.15) is 12.2 Å². The summed E-state index contributed by atoms with van der Waals surface area (Å²) >= 11 is 0. The van der Waals surface area contributed by atoms with Crippen LogP contribution in [0.15, 0.2) is 60.8 Å². The van der Waals surface area contributed by atoms with Gasteiger partial charge in [0.15, 0.2) is 0 Å². The molecule has 0 spiro atoms. The Kier molecular flexibility index (Phi) is 40.6. The predicted octanol–water partition coefficient (Wildman–Crippen LogP) is 12.1. The lowest BCUT2D eigenvalue weighted by atomic mass is 10.00. The molecule has 0 aromatic rings. The molecule has 0 aliphatic carbocycles. The first kappa shape index (κ1) is 52.0. The van der Waals surface area contributed by atoms with Gasteiger partial charge in [0.25, 0.3) is 0 Å². The zero-order valence-electron chi connectivity index (χ0n) is 35.2. The lowest BCUT2D eigenvalue weighted by Crippen LogP contribution is -2.53. The third-order valence-electron chi connectivity index (χ3n) is 10.2. The lowest BCUT2D eigenvalue weighted by Gasteiger charge is -2.27. The number of unbranched alkanes of at least 4 members (excludes halogenated alkanes) is 21. The largest absolute Gasteiger partial charge is 0.394 e. The summed E-state index contributed by atoms with van der Waals surface area (Å²) < 4.78 is 0. The van der Waals surface area contributed by atoms with Crippen LogP contribution < -0.4 is 5.32 Å². The molecular weight excluding hydrogens is 671 g/mol. The third kappa shape index (κ3) is 35.7. The first-order valence-corrected chi connectivity index (χ1v) is 22.7. The van der Waals surface area contributed by atoms with Crippen LogP contribution in [0.1, 0.15) is 206 Å². The number of aliphatic hydroxyl groups is 4. The van der Waals surface area contributed by atoms with E-state index in [0.29, 0.717) is 19.3 Å². The van der Waals surface area contributed by atoms with Crippen molar-refractivity contribution in [3.63, 3.8) is 0 Å². The van der Waals surface area contributed by atoms with Crippen molar-refractivity contribution in [3.05, 3.63) is 60.8 Å². The highest BCUT2D eigenvalue weighted by Gasteiger charge is 2.28. The molecule has 0 saturated carbocycles. The summed E-state index contributed by atoms with van der Waals surface area (Å²) in [4.78, 5) is 12.5. The molecule has 0 aromatic carbocycles. The molecule has 4 atom stereocenters. The number of carbonyl (C=O) groups is 1. The van der Waals surface area contributed by atoms with Gasteiger partial charge in [-0.25, -0.2) is 0 Å². The summed E-state index contributed by atoms with van der Waals surface area (Å²) in [6.07, 6.45) is 52.5. The molecule has 6 heteroatoms. The van der Waals surface area contributed by atoms with Crippen LogP contribution in [0.2, 0.25) is 0 Å². The smallest absolute Gasteiger partial charge is 0.249 e. The highest BCUT2D eigenvalue weighted by atomic mass is 16.3. The third-order valence-corrected chi connectivity index (χ3v) is 10.2. The van der Waals surface area contributed by atoms with Crippen LogP contribution in [0.3, 0.4) is 0 Å². The van der Waals surface area contributed by atoms with Crippen LogP contribution in [0.25, 0.3) is 0 Å². The number of aliphatic hydroxyl groups excluding tert-OH is 4. The Bertz CT molecular complexity index is 941. The van der Waals surface area contributed by atoms with E-state index < -0.39 is 36.9 Å². The van der Waals surface area contributed by atoms with Gasteiger partial charge in [-0.15, -0.1) is 0 Å². The van der Waals surface area contributed by atoms with E-state index in [9.17, 15) is 25.2 Å². The van der Waals surface area contributed by atoms with Crippen molar-refractivity contribution in [1.82, 2.24) is 5.32 Å². The zero-order chi connectivity index (χ0) is 39.6. The number of rotatable bonds is 40. The van der Waals surface area contributed by atoms with E-state index >= 15 is 0 Å². The second-order valence-electron chi connectivity index (χ2n) is 15.3. The first-order valence-electron chi connectivity index (χ1n) is 22.7. The van der Waals surface area contributed by atoms with E-state index in [1.165, 1.54) is 109 Å². The molecule has 0 fully saturated rings. The Morgan fingerprint density at radius 3 is 1.37 bits per heavy atom. The van der Waals surface area contributed by atoms with Gasteiger partial charge < -0.3 is 25.7 Å². The molecule has 6 nitrogen and oxygen atoms in total. The zero-order valence-corrected chi connectivity index (χ0v) is 35.2. The van der Waals surface area contributed by atoms with Gasteiger partial charge in [-0.05, 0) is 89.9 Å². The minimum atomic E-state index is -1.29. The monoisotopic (exact) mass is 758 g/mol. The molecule has 0 aromatic heterocycles. The van der Waals surface area contributed by atoms with Gasteiger partial charge in [0.2, 0.25) is 5.91 Å². The Hall–Kier alpha value is -1.99. The highest BCUT2D eigenvalue weighted by molar-refractivity contribution is 5.80. The molecule has 4 unspecified atom stereocenters. The van der Waals surface area contributed by atoms with Crippen LogP contribution in [0.4, 0.5) is 0 Å². The molecule has 0 saturated heterocycles. The van der Waals surface area contributed by atoms with Crippen molar-refractivity contribution in [1.29, 1.82) is 0 Å². The molecule has 5 N–H and O–H groups in total. The quantitative estimate of drug-likeness (QED) is 0.0316. The number of amides is 1. The fraction of sp³-hybridized carbons (Fsp3) is 0.771. The van der Waals surface area contributed by atoms with E-state index in [0.717, 1.165) is 64.2 Å². The predicted molar refractivity (Wildman–Crippen MR) is 233 cm³/mol. The Morgan fingerprint density at radius 2 is 0.889 bits per heavy atom. The van der Waals surface area contributed by atoms with E-state index in [1.807, 2.05) is 0 Å². The molecule has 314 valence electrons. The molecule has 0 radical (unpaired) electrons. The fourth-order valence-corrected chi connectivity index (χ4v) is 6.59. The topological polar surface area (TPSA) is 110 Å². The maximum Gasteiger partial charge on any atom is 0.249 e. The fourth-order valence-electron chi connectivity index (χ4n) is 6.59. The van der Waals surface area contributed by atoms with Crippen LogP contribution >= 0.6 is 0 Å². The van der Waals surface area contributed by atoms with Crippen LogP contribution in [0, 0.1) is 0 Å². The number of allylic oxidation sites excluding steroid dienone is 10. The summed E-state index contributed by atoms with van der Waals surface area (Å²) in [6, 6.07) is -1.01. The van der Waals surface area contributed by atoms with Crippen molar-refractivity contribution in [2.75, 3.05) is 6.61 Å². The summed E-state index contributed by atoms with van der Waals surface area (Å²) in [7, 11) is 0. The second-order valence-corrected chi connectivity index (χ2v) is 15.3. The highest BCUT2D eigenvalue weighted by Crippen LogP contribution is 2.15. The summed E-state index contributed by atoms with van der Waals surface area (Å²) in [6.45, 7) is 3.92. The van der Waals surface area contributed by atoms with Crippen molar-refractivity contribution < 1.29 is 25.2 Å². The molecule has 0 heterocycles. The molecular formula is C48H87NO5. The molecule has 0 rings (SSSR count). The van der Waals surface area contributed by atoms with Crippen molar-refractivity contribution in [3.8, 4) is 0 Å². The van der Waals surface area contributed by atoms with Crippen molar-refractivity contribution >= 4 is 5.91 Å². The molecule has 0 aliphatic rings. The normalized spacial score (nSPS) is 14.7. The summed E-state index contributed by atoms with van der Waals surface area (Å²) in [5, 5.41) is 43.7. The Morgan fingerprint density at radius 1 is 0.481 bits per heavy atom. The van der Waals surface area contributed by atoms with Gasteiger partial charge in [-0.2, -0.15) is 0 Å². The maximum atomic E-state index is 12.5. The molecule has 54 heavy (non-hydrogen) atoms. The Labute approximate surface area is 333 Å². The molecule has 1 amide bonds. The van der Waals surface area contributed by atoms with Gasteiger partial charge in [-0.3, -0.25) is 4.79 Å². The molecule has 0 aliphatic heterocycles. The minimum Gasteiger partial charge on any atom is -0.394 e. The number of hydrogen-bond acceptors (Lipinski definition) is 5. The van der Waals surface area contributed by atoms with Crippen LogP contribution in [-0.4, -0.2) is 57.3 Å². The number of hydrogen-bond donors (Lipinski definition) is 5. The van der Waals surface area contributed by atoms with Gasteiger partial charge in [-0.1, -0.05) is 177 Å². The molecule has 0 bridgehead atoms. The van der Waals surface area contributed by atoms with E-state index in [1.54, 1.807) is 0 Å². The first-order chi connectivity index (χ1) is 26.5. The number of carbonyl (C=O) groups excluding carboxylic acids is 1. The van der Waals surface area contributed by atoms with Gasteiger partial charge in [0, 0.05) is 0 Å². The van der Waals surface area contributed by atoms with Crippen LogP contribution in [0.5, 0.6) is 0 Å². The van der Waals surface area contributed by atoms with Gasteiger partial charge in [0.05, 0.1) is 18.8 Å². The average molecular weight is 758 g/mol. The Balaban J connectivity index is 3.80. The second kappa shape index (κ2) is 42.2. The maximum absolute atomic E-state index is 12.5. The lowest BCUT2D eigenvalue weighted by molar-refractivity contribution is -0.132. The standard InChI is InChI=1S/C48H87NO5/c1-3-5-7-9-11-13-15-17-19-21-23-24-26-28-30-32-34-36-38-40-42-46(52)48(54)49-44(43-50)47(53)45(51)41-39-37-35-33-31-29-27-25-22-20-18-16-14-12-10-8-6-4-2/h5,7,11,13,16,18,25,27,33,35,44-47,50-53H,3-4,6,8-10,12,14-15,17,19-24,26,28-32,34,36-43H2,1-2H3,(H,49,54)/b7-5-,13-11-,18-16+,27-25+,35-33+. The van der Waals surface area contributed by atoms with Crippen LogP contribution in [-0.2, 0) is 4.79 Å². The average Bonchev–Trinajstić information content (AvgIpc) is 3.18. The number of nitrogens with one attached hydrogen (secondary N) is 1. The summed E-state index contributed by atoms with van der Waals surface area (Å²) in [5.74, 6) is -0.603. The van der Waals surface area contributed by atoms with Crippen molar-refractivity contribution in [2.45, 2.75) is 231 Å². The van der Waals surface area contributed by atoms with Crippen molar-refractivity contribution in [2.24, 2.45) is 0 Å². The SMILES string of the molecule is CC/C=C\C/C=C\CCCCCCCCCCCCCCCC(O)C(=O)NC(CO)C(O)C(O)CCC/C=C/CC/C=C/CC/C=C/CCCCCCC. The summed E-state index contributed by atoms with van der Waals surface area (Å²) in [5.41, 5.74) is 0. The minimum absolute atomic E-state index is 0.355. The van der Waals surface area contributed by atoms with E-state index in [4.69, 9.17) is 0 Å². The van der Waals surface area contributed by atoms with Gasteiger partial charge >= 0.3 is 0 Å². The van der Waals surface area contributed by atoms with E-state index in [-0.39, 0.29) is 0 Å².